The highest BCUT2D eigenvalue weighted by atomic mass is 16.3. The smallest absolute Gasteiger partial charge is 0.124 e. The summed E-state index contributed by atoms with van der Waals surface area (Å²) in [6.07, 6.45) is 0. The van der Waals surface area contributed by atoms with Gasteiger partial charge in [0.1, 0.15) is 5.75 Å². The maximum Gasteiger partial charge on any atom is 0.124 e. The van der Waals surface area contributed by atoms with Crippen molar-refractivity contribution in [2.75, 3.05) is 11.9 Å². The van der Waals surface area contributed by atoms with Gasteiger partial charge in [-0.2, -0.15) is 0 Å². The molecule has 0 aliphatic heterocycles. The Morgan fingerprint density at radius 3 is 1.79 bits per heavy atom. The van der Waals surface area contributed by atoms with Crippen molar-refractivity contribution in [1.82, 2.24) is 0 Å². The molecule has 5 aromatic rings. The highest BCUT2D eigenvalue weighted by Crippen LogP contribution is 2.46. The van der Waals surface area contributed by atoms with Gasteiger partial charge in [0.05, 0.1) is 0 Å². The molecule has 0 bridgehead atoms. The zero-order chi connectivity index (χ0) is 19.8. The zero-order valence-corrected chi connectivity index (χ0v) is 16.2. The molecule has 0 heterocycles. The molecule has 140 valence electrons. The number of hydrogen-bond acceptors (Lipinski definition) is 2. The normalized spacial score (nSPS) is 11.1. The van der Waals surface area contributed by atoms with Crippen molar-refractivity contribution < 1.29 is 5.11 Å². The van der Waals surface area contributed by atoms with Crippen LogP contribution in [0.25, 0.3) is 32.7 Å². The maximum absolute atomic E-state index is 11.0. The van der Waals surface area contributed by atoms with Gasteiger partial charge in [0, 0.05) is 29.5 Å². The molecule has 0 amide bonds. The molecule has 5 aromatic carbocycles. The van der Waals surface area contributed by atoms with Crippen molar-refractivity contribution in [2.24, 2.45) is 0 Å². The van der Waals surface area contributed by atoms with Gasteiger partial charge in [-0.15, -0.1) is 0 Å². The molecule has 0 fully saturated rings. The third-order valence-corrected chi connectivity index (χ3v) is 5.57. The summed E-state index contributed by atoms with van der Waals surface area (Å²) < 4.78 is 0. The minimum absolute atomic E-state index is 0.294. The number of hydrogen-bond donors (Lipinski definition) is 1. The molecular formula is C27H21NO. The van der Waals surface area contributed by atoms with Crippen molar-refractivity contribution in [3.05, 3.63) is 103 Å². The molecule has 2 heteroatoms. The van der Waals surface area contributed by atoms with E-state index in [1.54, 1.807) is 6.07 Å². The van der Waals surface area contributed by atoms with Crippen LogP contribution in [-0.2, 0) is 0 Å². The molecule has 0 saturated carbocycles. The van der Waals surface area contributed by atoms with E-state index < -0.39 is 0 Å². The Kier molecular flexibility index (Phi) is 4.18. The van der Waals surface area contributed by atoms with Crippen LogP contribution in [-0.4, -0.2) is 12.2 Å². The van der Waals surface area contributed by atoms with Crippen LogP contribution in [0.2, 0.25) is 0 Å². The van der Waals surface area contributed by atoms with Crippen molar-refractivity contribution >= 4 is 32.9 Å². The number of phenolic OH excluding ortho intramolecular Hbond substituents is 1. The van der Waals surface area contributed by atoms with Crippen molar-refractivity contribution in [3.8, 4) is 16.9 Å². The summed E-state index contributed by atoms with van der Waals surface area (Å²) >= 11 is 0. The van der Waals surface area contributed by atoms with Gasteiger partial charge >= 0.3 is 0 Å². The standard InChI is InChI=1S/C27H21NO/c1-28(21-11-3-2-4-12-21)24-17-15-19-9-5-7-13-22(19)26(24)27-23-14-8-6-10-20(23)16-18-25(27)29/h2-18,29H,1H3. The Balaban J connectivity index is 1.89. The molecule has 2 nitrogen and oxygen atoms in total. The van der Waals surface area contributed by atoms with Crippen LogP contribution in [0, 0.1) is 0 Å². The van der Waals surface area contributed by atoms with Crippen LogP contribution in [0.3, 0.4) is 0 Å². The average Bonchev–Trinajstić information content (AvgIpc) is 2.79. The highest BCUT2D eigenvalue weighted by Gasteiger charge is 2.19. The van der Waals surface area contributed by atoms with E-state index in [-0.39, 0.29) is 0 Å². The molecule has 0 unspecified atom stereocenters. The molecule has 0 aliphatic rings. The first kappa shape index (κ1) is 17.3. The van der Waals surface area contributed by atoms with Crippen molar-refractivity contribution in [3.63, 3.8) is 0 Å². The quantitative estimate of drug-likeness (QED) is 0.362. The first-order valence-electron chi connectivity index (χ1n) is 9.75. The lowest BCUT2D eigenvalue weighted by molar-refractivity contribution is 0.478. The summed E-state index contributed by atoms with van der Waals surface area (Å²) in [6, 6.07) is 35.0. The second-order valence-electron chi connectivity index (χ2n) is 7.26. The van der Waals surface area contributed by atoms with Crippen LogP contribution < -0.4 is 4.90 Å². The number of para-hydroxylation sites is 1. The van der Waals surface area contributed by atoms with E-state index in [0.29, 0.717) is 5.75 Å². The molecule has 5 rings (SSSR count). The zero-order valence-electron chi connectivity index (χ0n) is 16.2. The van der Waals surface area contributed by atoms with Crippen molar-refractivity contribution in [2.45, 2.75) is 0 Å². The van der Waals surface area contributed by atoms with Crippen LogP contribution in [0.5, 0.6) is 5.75 Å². The molecule has 0 radical (unpaired) electrons. The Labute approximate surface area is 170 Å². The third kappa shape index (κ3) is 2.90. The Bertz CT molecular complexity index is 1320. The number of rotatable bonds is 3. The first-order valence-corrected chi connectivity index (χ1v) is 9.75. The maximum atomic E-state index is 11.0. The first-order chi connectivity index (χ1) is 14.2. The lowest BCUT2D eigenvalue weighted by atomic mass is 9.91. The number of nitrogens with zero attached hydrogens (tertiary/aromatic N) is 1. The number of fused-ring (bicyclic) bond motifs is 2. The molecule has 0 saturated heterocycles. The van der Waals surface area contributed by atoms with E-state index in [2.05, 4.69) is 72.6 Å². The minimum Gasteiger partial charge on any atom is -0.507 e. The van der Waals surface area contributed by atoms with E-state index in [9.17, 15) is 5.11 Å². The predicted octanol–water partition coefficient (Wildman–Crippen LogP) is 7.13. The van der Waals surface area contributed by atoms with Gasteiger partial charge in [-0.3, -0.25) is 0 Å². The predicted molar refractivity (Wildman–Crippen MR) is 123 cm³/mol. The van der Waals surface area contributed by atoms with E-state index in [0.717, 1.165) is 44.0 Å². The fourth-order valence-electron chi connectivity index (χ4n) is 4.12. The average molecular weight is 375 g/mol. The summed E-state index contributed by atoms with van der Waals surface area (Å²) in [4.78, 5) is 2.18. The fraction of sp³-hybridized carbons (Fsp3) is 0.0370. The second-order valence-corrected chi connectivity index (χ2v) is 7.26. The number of aromatic hydroxyl groups is 1. The molecule has 0 atom stereocenters. The number of phenols is 1. The summed E-state index contributed by atoms with van der Waals surface area (Å²) in [7, 11) is 2.07. The van der Waals surface area contributed by atoms with Gasteiger partial charge in [0.2, 0.25) is 0 Å². The molecule has 0 aromatic heterocycles. The van der Waals surface area contributed by atoms with Gasteiger partial charge in [-0.1, -0.05) is 78.9 Å². The minimum atomic E-state index is 0.294. The monoisotopic (exact) mass is 375 g/mol. The van der Waals surface area contributed by atoms with E-state index in [4.69, 9.17) is 0 Å². The SMILES string of the molecule is CN(c1ccccc1)c1ccc2ccccc2c1-c1c(O)ccc2ccccc12. The molecule has 1 N–H and O–H groups in total. The van der Waals surface area contributed by atoms with Crippen molar-refractivity contribution in [1.29, 1.82) is 0 Å². The van der Waals surface area contributed by atoms with Crippen LogP contribution in [0.1, 0.15) is 0 Å². The largest absolute Gasteiger partial charge is 0.507 e. The van der Waals surface area contributed by atoms with E-state index in [1.165, 1.54) is 0 Å². The molecular weight excluding hydrogens is 354 g/mol. The second kappa shape index (κ2) is 6.99. The molecule has 0 aliphatic carbocycles. The summed E-state index contributed by atoms with van der Waals surface area (Å²) in [5.74, 6) is 0.294. The Morgan fingerprint density at radius 2 is 1.10 bits per heavy atom. The molecule has 29 heavy (non-hydrogen) atoms. The van der Waals surface area contributed by atoms with Gasteiger partial charge in [-0.05, 0) is 45.8 Å². The summed E-state index contributed by atoms with van der Waals surface area (Å²) in [5.41, 5.74) is 4.08. The van der Waals surface area contributed by atoms with Crippen LogP contribution >= 0.6 is 0 Å². The highest BCUT2D eigenvalue weighted by molar-refractivity contribution is 6.12. The summed E-state index contributed by atoms with van der Waals surface area (Å²) in [5, 5.41) is 15.4. The fourth-order valence-corrected chi connectivity index (χ4v) is 4.12. The molecule has 0 spiro atoms. The van der Waals surface area contributed by atoms with Gasteiger partial charge in [-0.25, -0.2) is 0 Å². The van der Waals surface area contributed by atoms with E-state index in [1.807, 2.05) is 36.4 Å². The number of benzene rings is 5. The van der Waals surface area contributed by atoms with Gasteiger partial charge in [0.25, 0.3) is 0 Å². The van der Waals surface area contributed by atoms with Crippen LogP contribution in [0.15, 0.2) is 103 Å². The lowest BCUT2D eigenvalue weighted by Crippen LogP contribution is -2.10. The van der Waals surface area contributed by atoms with Gasteiger partial charge in [0.15, 0.2) is 0 Å². The third-order valence-electron chi connectivity index (χ3n) is 5.57. The van der Waals surface area contributed by atoms with Gasteiger partial charge < -0.3 is 10.0 Å². The lowest BCUT2D eigenvalue weighted by Gasteiger charge is -2.25. The topological polar surface area (TPSA) is 23.5 Å². The Hall–Kier alpha value is -3.78. The summed E-state index contributed by atoms with van der Waals surface area (Å²) in [6.45, 7) is 0. The van der Waals surface area contributed by atoms with E-state index >= 15 is 0 Å². The Morgan fingerprint density at radius 1 is 0.552 bits per heavy atom. The van der Waals surface area contributed by atoms with Crippen LogP contribution in [0.4, 0.5) is 11.4 Å². The number of anilines is 2.